The molecule has 2 aliphatic heterocycles. The van der Waals surface area contributed by atoms with Crippen LogP contribution < -0.4 is 5.32 Å². The fourth-order valence-electron chi connectivity index (χ4n) is 4.15. The van der Waals surface area contributed by atoms with E-state index in [0.29, 0.717) is 18.9 Å². The van der Waals surface area contributed by atoms with E-state index in [0.717, 1.165) is 44.6 Å². The molecule has 2 heterocycles. The summed E-state index contributed by atoms with van der Waals surface area (Å²) in [4.78, 5) is 29.3. The Balaban J connectivity index is 1.54. The van der Waals surface area contributed by atoms with Gasteiger partial charge in [-0.1, -0.05) is 37.3 Å². The molecule has 2 amide bonds. The van der Waals surface area contributed by atoms with Crippen LogP contribution in [0.2, 0.25) is 0 Å². The summed E-state index contributed by atoms with van der Waals surface area (Å²) in [6, 6.07) is 10.1. The van der Waals surface area contributed by atoms with E-state index in [1.54, 1.807) is 0 Å². The number of amides is 2. The molecule has 1 aromatic carbocycles. The molecule has 0 bridgehead atoms. The lowest BCUT2D eigenvalue weighted by Gasteiger charge is -2.33. The Morgan fingerprint density at radius 2 is 1.92 bits per heavy atom. The minimum absolute atomic E-state index is 0.0207. The Morgan fingerprint density at radius 3 is 2.58 bits per heavy atom. The van der Waals surface area contributed by atoms with E-state index in [9.17, 15) is 9.59 Å². The second-order valence-electron chi connectivity index (χ2n) is 7.61. The third-order valence-corrected chi connectivity index (χ3v) is 5.87. The van der Waals surface area contributed by atoms with Gasteiger partial charge in [0, 0.05) is 26.1 Å². The predicted molar refractivity (Wildman–Crippen MR) is 103 cm³/mol. The van der Waals surface area contributed by atoms with Gasteiger partial charge in [-0.3, -0.25) is 9.59 Å². The van der Waals surface area contributed by atoms with Crippen molar-refractivity contribution in [2.24, 2.45) is 11.8 Å². The molecule has 0 radical (unpaired) electrons. The largest absolute Gasteiger partial charge is 0.342 e. The summed E-state index contributed by atoms with van der Waals surface area (Å²) in [5.74, 6) is 0.752. The predicted octanol–water partition coefficient (Wildman–Crippen LogP) is 2.44. The molecule has 2 saturated heterocycles. The number of piperidine rings is 1. The Hall–Kier alpha value is -1.88. The van der Waals surface area contributed by atoms with Crippen LogP contribution in [0.25, 0.3) is 0 Å². The minimum atomic E-state index is -0.182. The molecule has 2 fully saturated rings. The van der Waals surface area contributed by atoms with Crippen LogP contribution in [0, 0.1) is 11.8 Å². The van der Waals surface area contributed by atoms with E-state index in [1.165, 1.54) is 0 Å². The zero-order chi connectivity index (χ0) is 18.5. The number of carbonyl (C=O) groups excluding carboxylic acids is 2. The Morgan fingerprint density at radius 1 is 1.23 bits per heavy atom. The van der Waals surface area contributed by atoms with Crippen molar-refractivity contribution >= 4 is 11.8 Å². The Kier molecular flexibility index (Phi) is 6.30. The summed E-state index contributed by atoms with van der Waals surface area (Å²) in [7, 11) is 0. The molecule has 0 saturated carbocycles. The summed E-state index contributed by atoms with van der Waals surface area (Å²) in [6.07, 6.45) is 2.47. The molecule has 0 aliphatic carbocycles. The average molecular weight is 357 g/mol. The highest BCUT2D eigenvalue weighted by Gasteiger charge is 2.39. The third-order valence-electron chi connectivity index (χ3n) is 5.87. The maximum Gasteiger partial charge on any atom is 0.227 e. The lowest BCUT2D eigenvalue weighted by molar-refractivity contribution is -0.137. The first-order valence-electron chi connectivity index (χ1n) is 9.94. The van der Waals surface area contributed by atoms with Gasteiger partial charge >= 0.3 is 0 Å². The summed E-state index contributed by atoms with van der Waals surface area (Å²) in [5, 5.41) is 3.40. The molecule has 1 N–H and O–H groups in total. The minimum Gasteiger partial charge on any atom is -0.342 e. The van der Waals surface area contributed by atoms with Crippen LogP contribution in [-0.2, 0) is 9.59 Å². The number of nitrogens with zero attached hydrogens (tertiary/aromatic N) is 2. The molecule has 2 atom stereocenters. The molecule has 26 heavy (non-hydrogen) atoms. The van der Waals surface area contributed by atoms with Crippen molar-refractivity contribution in [2.45, 2.75) is 39.2 Å². The van der Waals surface area contributed by atoms with Crippen LogP contribution in [0.4, 0.5) is 0 Å². The van der Waals surface area contributed by atoms with Gasteiger partial charge in [0.15, 0.2) is 0 Å². The van der Waals surface area contributed by atoms with Crippen LogP contribution in [0.5, 0.6) is 0 Å². The van der Waals surface area contributed by atoms with Gasteiger partial charge < -0.3 is 15.1 Å². The van der Waals surface area contributed by atoms with Crippen molar-refractivity contribution in [3.63, 3.8) is 0 Å². The first-order chi connectivity index (χ1) is 12.6. The van der Waals surface area contributed by atoms with E-state index in [1.807, 2.05) is 47.1 Å². The van der Waals surface area contributed by atoms with Crippen molar-refractivity contribution in [2.75, 3.05) is 32.7 Å². The summed E-state index contributed by atoms with van der Waals surface area (Å²) < 4.78 is 0. The van der Waals surface area contributed by atoms with Crippen molar-refractivity contribution in [3.8, 4) is 0 Å². The van der Waals surface area contributed by atoms with Gasteiger partial charge in [-0.05, 0) is 44.3 Å². The fourth-order valence-corrected chi connectivity index (χ4v) is 4.15. The highest BCUT2D eigenvalue weighted by Crippen LogP contribution is 2.30. The number of likely N-dealkylation sites (tertiary alicyclic amines) is 2. The second kappa shape index (κ2) is 8.67. The molecule has 2 aliphatic rings. The number of hydrogen-bond acceptors (Lipinski definition) is 3. The lowest BCUT2D eigenvalue weighted by Crippen LogP contribution is -2.44. The number of carbonyl (C=O) groups is 2. The van der Waals surface area contributed by atoms with E-state index in [-0.39, 0.29) is 23.8 Å². The van der Waals surface area contributed by atoms with Gasteiger partial charge in [0.25, 0.3) is 0 Å². The Labute approximate surface area is 156 Å². The molecule has 3 rings (SSSR count). The van der Waals surface area contributed by atoms with E-state index < -0.39 is 0 Å². The monoisotopic (exact) mass is 357 g/mol. The van der Waals surface area contributed by atoms with Crippen LogP contribution in [-0.4, -0.2) is 54.3 Å². The smallest absolute Gasteiger partial charge is 0.227 e. The maximum atomic E-state index is 12.9. The maximum absolute atomic E-state index is 12.9. The lowest BCUT2D eigenvalue weighted by atomic mass is 9.95. The number of benzene rings is 1. The highest BCUT2D eigenvalue weighted by molar-refractivity contribution is 5.89. The van der Waals surface area contributed by atoms with Gasteiger partial charge in [0.2, 0.25) is 11.8 Å². The first kappa shape index (κ1) is 18.9. The van der Waals surface area contributed by atoms with Gasteiger partial charge in [-0.25, -0.2) is 0 Å². The number of hydrogen-bond donors (Lipinski definition) is 1. The molecular formula is C21H31N3O2. The molecular weight excluding hydrogens is 326 g/mol. The zero-order valence-electron chi connectivity index (χ0n) is 16.0. The normalized spacial score (nSPS) is 22.7. The number of nitrogens with one attached hydrogen (secondary N) is 1. The van der Waals surface area contributed by atoms with Crippen molar-refractivity contribution in [1.29, 1.82) is 0 Å². The van der Waals surface area contributed by atoms with Gasteiger partial charge in [0.1, 0.15) is 0 Å². The van der Waals surface area contributed by atoms with Crippen LogP contribution in [0.1, 0.15) is 44.7 Å². The van der Waals surface area contributed by atoms with E-state index >= 15 is 0 Å². The molecule has 0 aromatic heterocycles. The second-order valence-corrected chi connectivity index (χ2v) is 7.61. The molecule has 5 heteroatoms. The topological polar surface area (TPSA) is 52.7 Å². The SMILES string of the molecule is CCNCC1CCN(C(=O)C2CC(=O)N(C(C)c3ccccc3)C2)CC1. The summed E-state index contributed by atoms with van der Waals surface area (Å²) >= 11 is 0. The zero-order valence-corrected chi connectivity index (χ0v) is 16.0. The fraction of sp³-hybridized carbons (Fsp3) is 0.619. The van der Waals surface area contributed by atoms with Crippen LogP contribution in [0.3, 0.4) is 0 Å². The molecule has 2 unspecified atom stereocenters. The summed E-state index contributed by atoms with van der Waals surface area (Å²) in [5.41, 5.74) is 1.12. The average Bonchev–Trinajstić information content (AvgIpc) is 3.08. The van der Waals surface area contributed by atoms with Gasteiger partial charge in [-0.15, -0.1) is 0 Å². The quantitative estimate of drug-likeness (QED) is 0.851. The van der Waals surface area contributed by atoms with E-state index in [2.05, 4.69) is 12.2 Å². The standard InChI is InChI=1S/C21H31N3O2/c1-3-22-14-17-9-11-23(12-10-17)21(26)19-13-20(25)24(15-19)16(2)18-7-5-4-6-8-18/h4-8,16-17,19,22H,3,9-15H2,1-2H3. The molecule has 1 aromatic rings. The van der Waals surface area contributed by atoms with E-state index in [4.69, 9.17) is 0 Å². The first-order valence-corrected chi connectivity index (χ1v) is 9.94. The van der Waals surface area contributed by atoms with Crippen molar-refractivity contribution < 1.29 is 9.59 Å². The highest BCUT2D eigenvalue weighted by atomic mass is 16.2. The summed E-state index contributed by atoms with van der Waals surface area (Å²) in [6.45, 7) is 8.42. The van der Waals surface area contributed by atoms with Crippen LogP contribution >= 0.6 is 0 Å². The molecule has 142 valence electrons. The number of rotatable bonds is 6. The van der Waals surface area contributed by atoms with Gasteiger partial charge in [-0.2, -0.15) is 0 Å². The Bertz CT molecular complexity index is 611. The molecule has 5 nitrogen and oxygen atoms in total. The van der Waals surface area contributed by atoms with Crippen LogP contribution in [0.15, 0.2) is 30.3 Å². The third kappa shape index (κ3) is 4.26. The van der Waals surface area contributed by atoms with Gasteiger partial charge in [0.05, 0.1) is 12.0 Å². The van der Waals surface area contributed by atoms with Crippen molar-refractivity contribution in [3.05, 3.63) is 35.9 Å². The molecule has 0 spiro atoms. The van der Waals surface area contributed by atoms with Crippen molar-refractivity contribution in [1.82, 2.24) is 15.1 Å².